The van der Waals surface area contributed by atoms with Crippen LogP contribution in [0.15, 0.2) is 0 Å². The Labute approximate surface area is 95.5 Å². The summed E-state index contributed by atoms with van der Waals surface area (Å²) in [6.45, 7) is 3.96. The Bertz CT molecular complexity index is 179. The van der Waals surface area contributed by atoms with Gasteiger partial charge < -0.3 is 10.1 Å². The summed E-state index contributed by atoms with van der Waals surface area (Å²) in [7, 11) is 1.86. The minimum atomic E-state index is -4.22. The summed E-state index contributed by atoms with van der Waals surface area (Å²) in [5.41, 5.74) is 0.0559. The van der Waals surface area contributed by atoms with Crippen LogP contribution >= 0.6 is 0 Å². The highest BCUT2D eigenvalue weighted by molar-refractivity contribution is 4.78. The van der Waals surface area contributed by atoms with Crippen molar-refractivity contribution in [1.82, 2.24) is 5.32 Å². The fourth-order valence-electron chi connectivity index (χ4n) is 1.79. The topological polar surface area (TPSA) is 21.3 Å². The van der Waals surface area contributed by atoms with Gasteiger partial charge in [-0.15, -0.1) is 0 Å². The lowest BCUT2D eigenvalue weighted by Crippen LogP contribution is -2.33. The molecule has 1 N–H and O–H groups in total. The first kappa shape index (κ1) is 15.7. The van der Waals surface area contributed by atoms with Crippen LogP contribution < -0.4 is 5.32 Å². The smallest absolute Gasteiger partial charge is 0.372 e. The Morgan fingerprint density at radius 2 is 1.69 bits per heavy atom. The van der Waals surface area contributed by atoms with Crippen LogP contribution in [-0.2, 0) is 4.74 Å². The van der Waals surface area contributed by atoms with Gasteiger partial charge in [0.15, 0.2) is 0 Å². The van der Waals surface area contributed by atoms with Gasteiger partial charge in [-0.2, -0.15) is 13.2 Å². The normalized spacial score (nSPS) is 13.1. The summed E-state index contributed by atoms with van der Waals surface area (Å²) in [4.78, 5) is 0. The number of alkyl halides is 3. The average Bonchev–Trinajstić information content (AvgIpc) is 2.21. The van der Waals surface area contributed by atoms with E-state index in [0.29, 0.717) is 6.42 Å². The van der Waals surface area contributed by atoms with Gasteiger partial charge in [-0.1, -0.05) is 13.8 Å². The number of halogens is 3. The molecule has 0 heterocycles. The molecular formula is C11H22F3NO. The Kier molecular flexibility index (Phi) is 6.99. The van der Waals surface area contributed by atoms with E-state index in [1.807, 2.05) is 7.05 Å². The van der Waals surface area contributed by atoms with E-state index in [1.165, 1.54) is 0 Å². The summed E-state index contributed by atoms with van der Waals surface area (Å²) < 4.78 is 40.2. The molecule has 0 aromatic rings. The zero-order valence-corrected chi connectivity index (χ0v) is 10.3. The number of nitrogens with one attached hydrogen (secondary N) is 1. The third-order valence-electron chi connectivity index (χ3n) is 3.09. The second-order valence-electron chi connectivity index (χ2n) is 4.16. The SMILES string of the molecule is CCC(CC)(CCOCC(F)(F)F)CNC. The van der Waals surface area contributed by atoms with Crippen molar-refractivity contribution >= 4 is 0 Å². The molecule has 0 radical (unpaired) electrons. The van der Waals surface area contributed by atoms with Crippen molar-refractivity contribution in [3.63, 3.8) is 0 Å². The van der Waals surface area contributed by atoms with E-state index in [-0.39, 0.29) is 12.0 Å². The van der Waals surface area contributed by atoms with E-state index in [1.54, 1.807) is 0 Å². The average molecular weight is 241 g/mol. The van der Waals surface area contributed by atoms with Crippen molar-refractivity contribution < 1.29 is 17.9 Å². The first-order valence-corrected chi connectivity index (χ1v) is 5.68. The van der Waals surface area contributed by atoms with Crippen molar-refractivity contribution in [2.24, 2.45) is 5.41 Å². The molecule has 0 rings (SSSR count). The molecule has 2 nitrogen and oxygen atoms in total. The van der Waals surface area contributed by atoms with Crippen LogP contribution in [0.3, 0.4) is 0 Å². The van der Waals surface area contributed by atoms with Gasteiger partial charge in [0.1, 0.15) is 6.61 Å². The third-order valence-corrected chi connectivity index (χ3v) is 3.09. The van der Waals surface area contributed by atoms with E-state index in [4.69, 9.17) is 0 Å². The van der Waals surface area contributed by atoms with Crippen molar-refractivity contribution in [3.8, 4) is 0 Å². The standard InChI is InChI=1S/C11H22F3NO/c1-4-10(5-2,8-15-3)6-7-16-9-11(12,13)14/h15H,4-9H2,1-3H3. The fraction of sp³-hybridized carbons (Fsp3) is 1.00. The molecule has 98 valence electrons. The summed E-state index contributed by atoms with van der Waals surface area (Å²) in [5.74, 6) is 0. The predicted molar refractivity (Wildman–Crippen MR) is 58.4 cm³/mol. The molecule has 0 aliphatic heterocycles. The largest absolute Gasteiger partial charge is 0.411 e. The fourth-order valence-corrected chi connectivity index (χ4v) is 1.79. The van der Waals surface area contributed by atoms with Gasteiger partial charge in [-0.25, -0.2) is 0 Å². The maximum absolute atomic E-state index is 11.9. The van der Waals surface area contributed by atoms with Gasteiger partial charge in [0, 0.05) is 13.2 Å². The van der Waals surface area contributed by atoms with Gasteiger partial charge in [-0.3, -0.25) is 0 Å². The van der Waals surface area contributed by atoms with Crippen LogP contribution in [0.2, 0.25) is 0 Å². The molecule has 0 saturated heterocycles. The molecule has 0 unspecified atom stereocenters. The monoisotopic (exact) mass is 241 g/mol. The molecule has 0 aromatic carbocycles. The Hall–Kier alpha value is -0.290. The molecule has 5 heteroatoms. The molecule has 0 bridgehead atoms. The second kappa shape index (κ2) is 7.12. The summed E-state index contributed by atoms with van der Waals surface area (Å²) >= 11 is 0. The number of rotatable bonds is 8. The van der Waals surface area contributed by atoms with Gasteiger partial charge in [0.25, 0.3) is 0 Å². The van der Waals surface area contributed by atoms with Crippen molar-refractivity contribution in [2.45, 2.75) is 39.3 Å². The van der Waals surface area contributed by atoms with Gasteiger partial charge in [0.2, 0.25) is 0 Å². The van der Waals surface area contributed by atoms with E-state index in [2.05, 4.69) is 23.9 Å². The highest BCUT2D eigenvalue weighted by atomic mass is 19.4. The van der Waals surface area contributed by atoms with Crippen LogP contribution in [0.5, 0.6) is 0 Å². The predicted octanol–water partition coefficient (Wildman–Crippen LogP) is 2.98. The zero-order chi connectivity index (χ0) is 12.7. The molecule has 0 atom stereocenters. The summed E-state index contributed by atoms with van der Waals surface area (Å²) in [6, 6.07) is 0. The lowest BCUT2D eigenvalue weighted by atomic mass is 9.79. The first-order chi connectivity index (χ1) is 7.39. The Balaban J connectivity index is 3.93. The molecule has 0 aliphatic rings. The molecule has 0 saturated carbocycles. The number of hydrogen-bond acceptors (Lipinski definition) is 2. The molecule has 0 amide bonds. The number of hydrogen-bond donors (Lipinski definition) is 1. The molecule has 0 fully saturated rings. The van der Waals surface area contributed by atoms with Crippen LogP contribution in [0.4, 0.5) is 13.2 Å². The maximum atomic E-state index is 11.9. The lowest BCUT2D eigenvalue weighted by Gasteiger charge is -2.31. The van der Waals surface area contributed by atoms with Crippen LogP contribution in [0.25, 0.3) is 0 Å². The Morgan fingerprint density at radius 3 is 2.06 bits per heavy atom. The van der Waals surface area contributed by atoms with E-state index >= 15 is 0 Å². The molecule has 0 aliphatic carbocycles. The minimum Gasteiger partial charge on any atom is -0.372 e. The van der Waals surface area contributed by atoms with Gasteiger partial charge >= 0.3 is 6.18 Å². The van der Waals surface area contributed by atoms with Crippen molar-refractivity contribution in [3.05, 3.63) is 0 Å². The second-order valence-corrected chi connectivity index (χ2v) is 4.16. The first-order valence-electron chi connectivity index (χ1n) is 5.68. The third kappa shape index (κ3) is 6.33. The molecule has 0 aromatic heterocycles. The minimum absolute atomic E-state index is 0.0559. The van der Waals surface area contributed by atoms with Crippen molar-refractivity contribution in [1.29, 1.82) is 0 Å². The van der Waals surface area contributed by atoms with Gasteiger partial charge in [-0.05, 0) is 31.7 Å². The Morgan fingerprint density at radius 1 is 1.12 bits per heavy atom. The lowest BCUT2D eigenvalue weighted by molar-refractivity contribution is -0.175. The van der Waals surface area contributed by atoms with Gasteiger partial charge in [0.05, 0.1) is 0 Å². The number of ether oxygens (including phenoxy) is 1. The van der Waals surface area contributed by atoms with Crippen molar-refractivity contribution in [2.75, 3.05) is 26.8 Å². The van der Waals surface area contributed by atoms with Crippen LogP contribution in [0, 0.1) is 5.41 Å². The van der Waals surface area contributed by atoms with Crippen LogP contribution in [0.1, 0.15) is 33.1 Å². The molecular weight excluding hydrogens is 219 g/mol. The molecule has 0 spiro atoms. The van der Waals surface area contributed by atoms with Crippen LogP contribution in [-0.4, -0.2) is 33.0 Å². The maximum Gasteiger partial charge on any atom is 0.411 e. The quantitative estimate of drug-likeness (QED) is 0.660. The van der Waals surface area contributed by atoms with E-state index in [9.17, 15) is 13.2 Å². The van der Waals surface area contributed by atoms with E-state index < -0.39 is 12.8 Å². The van der Waals surface area contributed by atoms with E-state index in [0.717, 1.165) is 19.4 Å². The molecule has 16 heavy (non-hydrogen) atoms. The highest BCUT2D eigenvalue weighted by Gasteiger charge is 2.29. The highest BCUT2D eigenvalue weighted by Crippen LogP contribution is 2.29. The zero-order valence-electron chi connectivity index (χ0n) is 10.3. The summed E-state index contributed by atoms with van der Waals surface area (Å²) in [6.07, 6.45) is -1.67. The summed E-state index contributed by atoms with van der Waals surface area (Å²) in [5, 5.41) is 3.09.